The number of benzene rings is 5. The topological polar surface area (TPSA) is 34.4 Å². The molecule has 1 aliphatic rings. The van der Waals surface area contributed by atoms with Gasteiger partial charge in [-0.15, -0.1) is 0 Å². The summed E-state index contributed by atoms with van der Waals surface area (Å²) >= 11 is 0. The number of fused-ring (bicyclic) bond motifs is 6. The van der Waals surface area contributed by atoms with Gasteiger partial charge in [-0.2, -0.15) is 0 Å². The molecule has 1 aliphatic carbocycles. The molecule has 4 heteroatoms. The summed E-state index contributed by atoms with van der Waals surface area (Å²) in [6, 6.07) is 38.6. The molecule has 0 saturated heterocycles. The van der Waals surface area contributed by atoms with Gasteiger partial charge < -0.3 is 14.2 Å². The van der Waals surface area contributed by atoms with E-state index in [0.29, 0.717) is 13.4 Å². The first-order valence-corrected chi connectivity index (χ1v) is 12.6. The predicted molar refractivity (Wildman–Crippen MR) is 152 cm³/mol. The molecule has 0 saturated carbocycles. The zero-order valence-corrected chi connectivity index (χ0v) is 20.8. The zero-order valence-electron chi connectivity index (χ0n) is 20.8. The zero-order chi connectivity index (χ0) is 25.1. The lowest BCUT2D eigenvalue weighted by Gasteiger charge is -2.21. The molecule has 0 spiro atoms. The molecule has 177 valence electrons. The van der Waals surface area contributed by atoms with Gasteiger partial charge in [0.25, 0.3) is 0 Å². The Morgan fingerprint density at radius 2 is 1.41 bits per heavy atom. The van der Waals surface area contributed by atoms with E-state index in [1.807, 2.05) is 18.2 Å². The van der Waals surface area contributed by atoms with Crippen molar-refractivity contribution in [1.82, 2.24) is 4.57 Å². The van der Waals surface area contributed by atoms with Crippen LogP contribution in [-0.4, -0.2) is 17.3 Å². The first-order chi connectivity index (χ1) is 18.1. The molecule has 1 N–H and O–H groups in total. The highest BCUT2D eigenvalue weighted by molar-refractivity contribution is 6.17. The summed E-state index contributed by atoms with van der Waals surface area (Å²) in [5.74, 6) is 0.598. The van der Waals surface area contributed by atoms with E-state index in [9.17, 15) is 0 Å². The van der Waals surface area contributed by atoms with Crippen molar-refractivity contribution in [2.45, 2.75) is 19.3 Å². The van der Waals surface area contributed by atoms with Crippen molar-refractivity contribution in [1.29, 1.82) is 0 Å². The minimum Gasteiger partial charge on any atom is -0.537 e. The molecule has 37 heavy (non-hydrogen) atoms. The lowest BCUT2D eigenvalue weighted by Crippen LogP contribution is -2.14. The van der Waals surface area contributed by atoms with Crippen LogP contribution in [0.15, 0.2) is 109 Å². The van der Waals surface area contributed by atoms with E-state index in [1.165, 1.54) is 38.5 Å². The van der Waals surface area contributed by atoms with Crippen LogP contribution in [0.25, 0.3) is 49.7 Å². The predicted octanol–water partition coefficient (Wildman–Crippen LogP) is 7.66. The van der Waals surface area contributed by atoms with Crippen LogP contribution in [0.3, 0.4) is 0 Å². The largest absolute Gasteiger partial charge is 0.569 e. The minimum atomic E-state index is -0.0621. The molecule has 0 fully saturated rings. The Hall–Kier alpha value is -4.28. The quantitative estimate of drug-likeness (QED) is 0.264. The molecule has 5 aromatic carbocycles. The van der Waals surface area contributed by atoms with E-state index < -0.39 is 0 Å². The van der Waals surface area contributed by atoms with Gasteiger partial charge in [-0.05, 0) is 75.8 Å². The summed E-state index contributed by atoms with van der Waals surface area (Å²) in [4.78, 5) is 0. The van der Waals surface area contributed by atoms with Crippen molar-refractivity contribution in [2.75, 3.05) is 0 Å². The maximum atomic E-state index is 9.08. The Balaban J connectivity index is 1.54. The van der Waals surface area contributed by atoms with Gasteiger partial charge in [0.05, 0.1) is 11.0 Å². The van der Waals surface area contributed by atoms with Crippen LogP contribution in [-0.2, 0) is 5.41 Å². The molecule has 6 aromatic rings. The number of hydrogen-bond acceptors (Lipinski definition) is 2. The standard InChI is InChI=1S/C33H25BNO2/c1-33(2)29-14-7-6-13-25(29)27-19-28-26-16-15-22(21-9-8-12-24(17-21)37-34-36)18-31(26)35(32(28)20-30(27)33)23-10-4-3-5-11-23/h3-20,36H,1-2H3. The van der Waals surface area contributed by atoms with Crippen LogP contribution >= 0.6 is 0 Å². The van der Waals surface area contributed by atoms with Crippen molar-refractivity contribution in [3.05, 3.63) is 120 Å². The summed E-state index contributed by atoms with van der Waals surface area (Å²) in [6.45, 7) is 4.66. The molecule has 0 bridgehead atoms. The average Bonchev–Trinajstić information content (AvgIpc) is 3.37. The molecule has 0 aliphatic heterocycles. The van der Waals surface area contributed by atoms with Crippen LogP contribution in [0, 0.1) is 0 Å². The molecule has 0 atom stereocenters. The fraction of sp³-hybridized carbons (Fsp3) is 0.0909. The number of para-hydroxylation sites is 1. The van der Waals surface area contributed by atoms with Gasteiger partial charge in [-0.25, -0.2) is 0 Å². The highest BCUT2D eigenvalue weighted by atomic mass is 16.5. The Bertz CT molecular complexity index is 1820. The SMILES string of the molecule is CC1(C)c2ccccc2-c2cc3c4ccc(-c5cccc(O[B]O)c5)cc4n(-c4ccccc4)c3cc21. The summed E-state index contributed by atoms with van der Waals surface area (Å²) in [5.41, 5.74) is 11.0. The maximum Gasteiger partial charge on any atom is 0.569 e. The third kappa shape index (κ3) is 3.26. The minimum absolute atomic E-state index is 0.0621. The lowest BCUT2D eigenvalue weighted by atomic mass is 9.82. The smallest absolute Gasteiger partial charge is 0.537 e. The Morgan fingerprint density at radius 3 is 2.24 bits per heavy atom. The highest BCUT2D eigenvalue weighted by Gasteiger charge is 2.36. The molecule has 1 radical (unpaired) electrons. The third-order valence-corrected chi connectivity index (χ3v) is 7.84. The summed E-state index contributed by atoms with van der Waals surface area (Å²) in [7, 11) is 0.717. The van der Waals surface area contributed by atoms with Crippen LogP contribution in [0.5, 0.6) is 5.75 Å². The first kappa shape index (κ1) is 22.0. The normalized spacial score (nSPS) is 13.5. The van der Waals surface area contributed by atoms with Crippen molar-refractivity contribution in [3.63, 3.8) is 0 Å². The first-order valence-electron chi connectivity index (χ1n) is 12.6. The van der Waals surface area contributed by atoms with Crippen LogP contribution in [0.1, 0.15) is 25.0 Å². The second-order valence-electron chi connectivity index (χ2n) is 10.2. The molecule has 1 heterocycles. The highest BCUT2D eigenvalue weighted by Crippen LogP contribution is 2.51. The average molecular weight is 478 g/mol. The maximum absolute atomic E-state index is 9.08. The number of hydrogen-bond donors (Lipinski definition) is 1. The van der Waals surface area contributed by atoms with E-state index in [1.54, 1.807) is 0 Å². The Morgan fingerprint density at radius 1 is 0.649 bits per heavy atom. The molecular weight excluding hydrogens is 453 g/mol. The fourth-order valence-electron chi connectivity index (χ4n) is 6.06. The van der Waals surface area contributed by atoms with Crippen LogP contribution in [0.4, 0.5) is 0 Å². The second-order valence-corrected chi connectivity index (χ2v) is 10.2. The summed E-state index contributed by atoms with van der Waals surface area (Å²) < 4.78 is 7.60. The van der Waals surface area contributed by atoms with E-state index in [2.05, 4.69) is 109 Å². The van der Waals surface area contributed by atoms with Crippen molar-refractivity contribution >= 4 is 29.5 Å². The molecule has 1 aromatic heterocycles. The number of aromatic nitrogens is 1. The van der Waals surface area contributed by atoms with Crippen molar-refractivity contribution < 1.29 is 9.68 Å². The summed E-state index contributed by atoms with van der Waals surface area (Å²) in [5, 5.41) is 11.6. The van der Waals surface area contributed by atoms with Gasteiger partial charge in [0, 0.05) is 21.9 Å². The molecule has 0 unspecified atom stereocenters. The lowest BCUT2D eigenvalue weighted by molar-refractivity contribution is 0.454. The molecule has 3 nitrogen and oxygen atoms in total. The van der Waals surface area contributed by atoms with Gasteiger partial charge in [0.2, 0.25) is 0 Å². The van der Waals surface area contributed by atoms with E-state index in [4.69, 9.17) is 9.68 Å². The summed E-state index contributed by atoms with van der Waals surface area (Å²) in [6.07, 6.45) is 0. The monoisotopic (exact) mass is 478 g/mol. The van der Waals surface area contributed by atoms with E-state index in [-0.39, 0.29) is 5.41 Å². The van der Waals surface area contributed by atoms with Gasteiger partial charge in [0.1, 0.15) is 5.75 Å². The number of rotatable bonds is 4. The number of nitrogens with zero attached hydrogens (tertiary/aromatic N) is 1. The van der Waals surface area contributed by atoms with Gasteiger partial charge in [-0.1, -0.05) is 80.6 Å². The van der Waals surface area contributed by atoms with E-state index in [0.717, 1.165) is 22.3 Å². The van der Waals surface area contributed by atoms with Crippen molar-refractivity contribution in [2.24, 2.45) is 0 Å². The van der Waals surface area contributed by atoms with Crippen LogP contribution < -0.4 is 4.65 Å². The van der Waals surface area contributed by atoms with E-state index >= 15 is 0 Å². The van der Waals surface area contributed by atoms with Crippen molar-refractivity contribution in [3.8, 4) is 33.7 Å². The third-order valence-electron chi connectivity index (χ3n) is 7.84. The Kier molecular flexibility index (Phi) is 4.82. The molecule has 7 rings (SSSR count). The fourth-order valence-corrected chi connectivity index (χ4v) is 6.06. The molecular formula is C33H25BNO2. The van der Waals surface area contributed by atoms with Gasteiger partial charge in [-0.3, -0.25) is 0 Å². The van der Waals surface area contributed by atoms with Gasteiger partial charge >= 0.3 is 7.69 Å². The Labute approximate surface area is 216 Å². The second kappa shape index (κ2) is 8.12. The van der Waals surface area contributed by atoms with Gasteiger partial charge in [0.15, 0.2) is 0 Å². The molecule has 0 amide bonds. The van der Waals surface area contributed by atoms with Crippen LogP contribution in [0.2, 0.25) is 0 Å².